The summed E-state index contributed by atoms with van der Waals surface area (Å²) in [5, 5.41) is 0. The Bertz CT molecular complexity index is 234. The lowest BCUT2D eigenvalue weighted by Crippen LogP contribution is -2.15. The predicted octanol–water partition coefficient (Wildman–Crippen LogP) is 4.28. The number of allylic oxidation sites excluding steroid dienone is 2. The maximum Gasteiger partial charge on any atom is 0.0499 e. The van der Waals surface area contributed by atoms with Crippen molar-refractivity contribution in [3.8, 4) is 0 Å². The summed E-state index contributed by atoms with van der Waals surface area (Å²) in [7, 11) is 0. The van der Waals surface area contributed by atoms with E-state index in [2.05, 4.69) is 12.2 Å². The maximum absolute atomic E-state index is 4.91. The molecule has 1 heteroatoms. The van der Waals surface area contributed by atoms with Gasteiger partial charge in [-0.3, -0.25) is 4.99 Å². The standard InChI is InChI=1S/C14H23N/c1-2-4-6-9-13(10-7-5-3-1)15-14-11-8-12-14/h1-2,13H,3-12H2. The summed E-state index contributed by atoms with van der Waals surface area (Å²) in [5.74, 6) is 0. The molecule has 0 amide bonds. The fourth-order valence-corrected chi connectivity index (χ4v) is 2.34. The van der Waals surface area contributed by atoms with Crippen LogP contribution in [0.25, 0.3) is 0 Å². The van der Waals surface area contributed by atoms with E-state index < -0.39 is 0 Å². The molecule has 0 saturated heterocycles. The average molecular weight is 205 g/mol. The molecule has 84 valence electrons. The Kier molecular flexibility index (Phi) is 4.43. The summed E-state index contributed by atoms with van der Waals surface area (Å²) in [4.78, 5) is 4.91. The molecule has 0 bridgehead atoms. The van der Waals surface area contributed by atoms with Crippen molar-refractivity contribution in [2.24, 2.45) is 4.99 Å². The zero-order valence-corrected chi connectivity index (χ0v) is 9.75. The number of nitrogens with zero attached hydrogens (tertiary/aromatic N) is 1. The van der Waals surface area contributed by atoms with Crippen molar-refractivity contribution in [1.82, 2.24) is 0 Å². The van der Waals surface area contributed by atoms with E-state index in [0.717, 1.165) is 0 Å². The van der Waals surface area contributed by atoms with Crippen molar-refractivity contribution in [2.75, 3.05) is 0 Å². The van der Waals surface area contributed by atoms with Crippen LogP contribution in [0.2, 0.25) is 0 Å². The van der Waals surface area contributed by atoms with Gasteiger partial charge in [-0.25, -0.2) is 0 Å². The van der Waals surface area contributed by atoms with Crippen molar-refractivity contribution >= 4 is 5.71 Å². The molecule has 1 atom stereocenters. The van der Waals surface area contributed by atoms with Crippen molar-refractivity contribution in [1.29, 1.82) is 0 Å². The Morgan fingerprint density at radius 1 is 0.867 bits per heavy atom. The van der Waals surface area contributed by atoms with Crippen molar-refractivity contribution < 1.29 is 0 Å². The molecule has 1 saturated carbocycles. The number of hydrogen-bond donors (Lipinski definition) is 0. The highest BCUT2D eigenvalue weighted by atomic mass is 14.8. The molecule has 0 spiro atoms. The van der Waals surface area contributed by atoms with Crippen LogP contribution in [-0.2, 0) is 0 Å². The Balaban J connectivity index is 1.82. The van der Waals surface area contributed by atoms with Gasteiger partial charge in [-0.2, -0.15) is 0 Å². The van der Waals surface area contributed by atoms with Crippen LogP contribution in [0.3, 0.4) is 0 Å². The minimum Gasteiger partial charge on any atom is -0.291 e. The monoisotopic (exact) mass is 205 g/mol. The molecule has 1 fully saturated rings. The minimum absolute atomic E-state index is 0.659. The summed E-state index contributed by atoms with van der Waals surface area (Å²) in [6.07, 6.45) is 17.9. The molecule has 0 heterocycles. The highest BCUT2D eigenvalue weighted by Crippen LogP contribution is 2.21. The van der Waals surface area contributed by atoms with Gasteiger partial charge < -0.3 is 0 Å². The molecular weight excluding hydrogens is 182 g/mol. The zero-order chi connectivity index (χ0) is 10.3. The van der Waals surface area contributed by atoms with Crippen molar-refractivity contribution in [2.45, 2.75) is 70.3 Å². The number of hydrogen-bond acceptors (Lipinski definition) is 1. The van der Waals surface area contributed by atoms with Crippen LogP contribution >= 0.6 is 0 Å². The van der Waals surface area contributed by atoms with Gasteiger partial charge in [0, 0.05) is 11.8 Å². The number of rotatable bonds is 1. The molecular formula is C14H23N. The molecule has 0 N–H and O–H groups in total. The second-order valence-corrected chi connectivity index (χ2v) is 4.89. The second kappa shape index (κ2) is 6.09. The normalized spacial score (nSPS) is 28.3. The van der Waals surface area contributed by atoms with Crippen LogP contribution in [0, 0.1) is 0 Å². The summed E-state index contributed by atoms with van der Waals surface area (Å²) in [5.41, 5.74) is 1.51. The summed E-state index contributed by atoms with van der Waals surface area (Å²) >= 11 is 0. The van der Waals surface area contributed by atoms with Gasteiger partial charge in [-0.15, -0.1) is 0 Å². The molecule has 0 aliphatic heterocycles. The Labute approximate surface area is 93.7 Å². The SMILES string of the molecule is C1=CCCCC(N=C2CCC2)CCCC1. The van der Waals surface area contributed by atoms with Gasteiger partial charge in [0.2, 0.25) is 0 Å². The average Bonchev–Trinajstić information content (AvgIpc) is 2.21. The third-order valence-electron chi connectivity index (χ3n) is 3.53. The van der Waals surface area contributed by atoms with E-state index in [1.807, 2.05) is 0 Å². The third-order valence-corrected chi connectivity index (χ3v) is 3.53. The summed E-state index contributed by atoms with van der Waals surface area (Å²) in [6.45, 7) is 0. The molecule has 2 aliphatic rings. The third kappa shape index (κ3) is 3.81. The molecule has 1 nitrogen and oxygen atoms in total. The van der Waals surface area contributed by atoms with Gasteiger partial charge in [0.1, 0.15) is 0 Å². The highest BCUT2D eigenvalue weighted by molar-refractivity contribution is 5.89. The molecule has 1 unspecified atom stereocenters. The van der Waals surface area contributed by atoms with E-state index in [1.165, 1.54) is 69.9 Å². The molecule has 2 aliphatic carbocycles. The Hall–Kier alpha value is -0.590. The lowest BCUT2D eigenvalue weighted by Gasteiger charge is -2.20. The predicted molar refractivity (Wildman–Crippen MR) is 66.5 cm³/mol. The van der Waals surface area contributed by atoms with Gasteiger partial charge in [0.15, 0.2) is 0 Å². The lowest BCUT2D eigenvalue weighted by atomic mass is 9.95. The largest absolute Gasteiger partial charge is 0.291 e. The first-order valence-corrected chi connectivity index (χ1v) is 6.66. The van der Waals surface area contributed by atoms with E-state index in [-0.39, 0.29) is 0 Å². The van der Waals surface area contributed by atoms with Crippen LogP contribution in [0.5, 0.6) is 0 Å². The molecule has 2 rings (SSSR count). The lowest BCUT2D eigenvalue weighted by molar-refractivity contribution is 0.512. The first-order chi connectivity index (χ1) is 7.45. The van der Waals surface area contributed by atoms with Gasteiger partial charge in [-0.1, -0.05) is 18.6 Å². The Morgan fingerprint density at radius 3 is 2.33 bits per heavy atom. The fourth-order valence-electron chi connectivity index (χ4n) is 2.34. The van der Waals surface area contributed by atoms with Crippen LogP contribution in [0.15, 0.2) is 17.1 Å². The minimum atomic E-state index is 0.659. The van der Waals surface area contributed by atoms with Crippen LogP contribution < -0.4 is 0 Å². The zero-order valence-electron chi connectivity index (χ0n) is 9.75. The van der Waals surface area contributed by atoms with Gasteiger partial charge >= 0.3 is 0 Å². The Morgan fingerprint density at radius 2 is 1.60 bits per heavy atom. The summed E-state index contributed by atoms with van der Waals surface area (Å²) < 4.78 is 0. The molecule has 0 aromatic heterocycles. The molecule has 0 radical (unpaired) electrons. The topological polar surface area (TPSA) is 12.4 Å². The van der Waals surface area contributed by atoms with Crippen molar-refractivity contribution in [3.05, 3.63) is 12.2 Å². The van der Waals surface area contributed by atoms with Crippen molar-refractivity contribution in [3.63, 3.8) is 0 Å². The molecule has 0 aromatic carbocycles. The highest BCUT2D eigenvalue weighted by Gasteiger charge is 2.13. The van der Waals surface area contributed by atoms with Gasteiger partial charge in [0.05, 0.1) is 0 Å². The van der Waals surface area contributed by atoms with Gasteiger partial charge in [0.25, 0.3) is 0 Å². The first kappa shape index (κ1) is 10.9. The fraction of sp³-hybridized carbons (Fsp3) is 0.786. The van der Waals surface area contributed by atoms with Crippen LogP contribution in [0.4, 0.5) is 0 Å². The molecule has 0 aromatic rings. The maximum atomic E-state index is 4.91. The second-order valence-electron chi connectivity index (χ2n) is 4.89. The van der Waals surface area contributed by atoms with E-state index in [0.29, 0.717) is 6.04 Å². The smallest absolute Gasteiger partial charge is 0.0499 e. The van der Waals surface area contributed by atoms with E-state index in [1.54, 1.807) is 0 Å². The number of aliphatic imine (C=N–C) groups is 1. The van der Waals surface area contributed by atoms with E-state index in [4.69, 9.17) is 4.99 Å². The van der Waals surface area contributed by atoms with Crippen LogP contribution in [-0.4, -0.2) is 11.8 Å². The van der Waals surface area contributed by atoms with Gasteiger partial charge in [-0.05, 0) is 57.8 Å². The van der Waals surface area contributed by atoms with E-state index >= 15 is 0 Å². The van der Waals surface area contributed by atoms with E-state index in [9.17, 15) is 0 Å². The summed E-state index contributed by atoms with van der Waals surface area (Å²) in [6, 6.07) is 0.659. The quantitative estimate of drug-likeness (QED) is 0.567. The molecule has 15 heavy (non-hydrogen) atoms. The first-order valence-electron chi connectivity index (χ1n) is 6.66. The van der Waals surface area contributed by atoms with Crippen LogP contribution in [0.1, 0.15) is 64.2 Å².